The summed E-state index contributed by atoms with van der Waals surface area (Å²) in [6.07, 6.45) is 0. The summed E-state index contributed by atoms with van der Waals surface area (Å²) >= 11 is 0. The van der Waals surface area contributed by atoms with E-state index in [-0.39, 0.29) is 5.78 Å². The van der Waals surface area contributed by atoms with Gasteiger partial charge in [-0.3, -0.25) is 4.79 Å². The minimum atomic E-state index is 0.0572. The first-order valence-electron chi connectivity index (χ1n) is 8.76. The van der Waals surface area contributed by atoms with Crippen LogP contribution in [0.15, 0.2) is 78.9 Å². The first kappa shape index (κ1) is 14.9. The Morgan fingerprint density at radius 1 is 0.731 bits per heavy atom. The van der Waals surface area contributed by atoms with Gasteiger partial charge in [0.1, 0.15) is 0 Å². The van der Waals surface area contributed by atoms with Crippen LogP contribution in [0.5, 0.6) is 0 Å². The minimum Gasteiger partial charge on any atom is -0.354 e. The van der Waals surface area contributed by atoms with E-state index in [1.165, 1.54) is 10.8 Å². The van der Waals surface area contributed by atoms with Crippen molar-refractivity contribution in [2.75, 3.05) is 0 Å². The van der Waals surface area contributed by atoms with Crippen molar-refractivity contribution >= 4 is 38.4 Å². The van der Waals surface area contributed by atoms with E-state index >= 15 is 0 Å². The molecule has 0 amide bonds. The number of hydrogen-bond donors (Lipinski definition) is 1. The molecule has 0 spiro atoms. The smallest absolute Gasteiger partial charge is 0.193 e. The molecule has 0 bridgehead atoms. The Bertz CT molecular complexity index is 1290. The Labute approximate surface area is 151 Å². The molecule has 2 heteroatoms. The fourth-order valence-corrected chi connectivity index (χ4v) is 3.77. The summed E-state index contributed by atoms with van der Waals surface area (Å²) in [4.78, 5) is 16.7. The van der Waals surface area contributed by atoms with E-state index in [1.807, 2.05) is 61.5 Å². The summed E-state index contributed by atoms with van der Waals surface area (Å²) in [6.45, 7) is 2.03. The molecule has 0 fully saturated rings. The first-order chi connectivity index (χ1) is 12.7. The molecule has 124 valence electrons. The highest BCUT2D eigenvalue weighted by Gasteiger charge is 2.17. The average molecular weight is 335 g/mol. The zero-order chi connectivity index (χ0) is 17.7. The van der Waals surface area contributed by atoms with Gasteiger partial charge in [0.2, 0.25) is 0 Å². The Morgan fingerprint density at radius 2 is 1.38 bits per heavy atom. The van der Waals surface area contributed by atoms with E-state index in [4.69, 9.17) is 0 Å². The molecule has 26 heavy (non-hydrogen) atoms. The molecule has 1 aromatic heterocycles. The fourth-order valence-electron chi connectivity index (χ4n) is 3.77. The molecule has 5 rings (SSSR count). The number of ketones is 1. The summed E-state index contributed by atoms with van der Waals surface area (Å²) in [5.74, 6) is 0.0572. The predicted molar refractivity (Wildman–Crippen MR) is 108 cm³/mol. The van der Waals surface area contributed by atoms with Crippen LogP contribution in [0.3, 0.4) is 0 Å². The lowest BCUT2D eigenvalue weighted by Crippen LogP contribution is -2.02. The molecule has 1 heterocycles. The van der Waals surface area contributed by atoms with Crippen molar-refractivity contribution in [3.8, 4) is 0 Å². The zero-order valence-corrected chi connectivity index (χ0v) is 14.4. The van der Waals surface area contributed by atoms with Crippen LogP contribution >= 0.6 is 0 Å². The van der Waals surface area contributed by atoms with E-state index in [2.05, 4.69) is 29.2 Å². The largest absolute Gasteiger partial charge is 0.354 e. The third-order valence-corrected chi connectivity index (χ3v) is 5.07. The lowest BCUT2D eigenvalue weighted by atomic mass is 9.94. The van der Waals surface area contributed by atoms with Gasteiger partial charge >= 0.3 is 0 Å². The number of carbonyl (C=O) groups is 1. The summed E-state index contributed by atoms with van der Waals surface area (Å²) in [5.41, 5.74) is 4.70. The summed E-state index contributed by atoms with van der Waals surface area (Å²) in [5, 5.41) is 4.47. The van der Waals surface area contributed by atoms with Crippen molar-refractivity contribution in [1.82, 2.24) is 4.98 Å². The van der Waals surface area contributed by atoms with Crippen LogP contribution in [-0.4, -0.2) is 10.8 Å². The van der Waals surface area contributed by atoms with Gasteiger partial charge in [0, 0.05) is 32.9 Å². The number of carbonyl (C=O) groups excluding carboxylic acids is 1. The molecule has 0 atom stereocenters. The molecule has 0 saturated heterocycles. The highest BCUT2D eigenvalue weighted by Crippen LogP contribution is 2.35. The molecule has 1 N–H and O–H groups in total. The molecular weight excluding hydrogens is 318 g/mol. The molecule has 0 aliphatic heterocycles. The van der Waals surface area contributed by atoms with Crippen molar-refractivity contribution in [2.45, 2.75) is 6.92 Å². The molecule has 5 aromatic rings. The van der Waals surface area contributed by atoms with Crippen molar-refractivity contribution in [2.24, 2.45) is 0 Å². The van der Waals surface area contributed by atoms with E-state index in [0.29, 0.717) is 0 Å². The van der Waals surface area contributed by atoms with Crippen molar-refractivity contribution < 1.29 is 4.79 Å². The SMILES string of the molecule is Cc1ccc(C(=O)c2cc3[nH]c4ccccc4c3c3ccccc23)cc1. The minimum absolute atomic E-state index is 0.0572. The number of aromatic nitrogens is 1. The highest BCUT2D eigenvalue weighted by molar-refractivity contribution is 6.26. The number of H-pyrrole nitrogens is 1. The molecule has 4 aromatic carbocycles. The van der Waals surface area contributed by atoms with Gasteiger partial charge in [0.25, 0.3) is 0 Å². The van der Waals surface area contributed by atoms with Crippen LogP contribution in [0.2, 0.25) is 0 Å². The zero-order valence-electron chi connectivity index (χ0n) is 14.4. The van der Waals surface area contributed by atoms with Crippen molar-refractivity contribution in [3.63, 3.8) is 0 Å². The Balaban J connectivity index is 1.86. The number of fused-ring (bicyclic) bond motifs is 5. The quantitative estimate of drug-likeness (QED) is 0.393. The van der Waals surface area contributed by atoms with Crippen molar-refractivity contribution in [1.29, 1.82) is 0 Å². The van der Waals surface area contributed by atoms with E-state index in [9.17, 15) is 4.79 Å². The van der Waals surface area contributed by atoms with E-state index < -0.39 is 0 Å². The number of rotatable bonds is 2. The van der Waals surface area contributed by atoms with Gasteiger partial charge in [0.15, 0.2) is 5.78 Å². The van der Waals surface area contributed by atoms with E-state index in [1.54, 1.807) is 0 Å². The summed E-state index contributed by atoms with van der Waals surface area (Å²) in [7, 11) is 0. The lowest BCUT2D eigenvalue weighted by Gasteiger charge is -2.08. The van der Waals surface area contributed by atoms with Crippen LogP contribution < -0.4 is 0 Å². The Hall–Kier alpha value is -3.39. The van der Waals surface area contributed by atoms with Crippen LogP contribution in [-0.2, 0) is 0 Å². The molecule has 2 nitrogen and oxygen atoms in total. The van der Waals surface area contributed by atoms with E-state index in [0.717, 1.165) is 38.5 Å². The molecular formula is C24H17NO. The van der Waals surface area contributed by atoms with Gasteiger partial charge in [0.05, 0.1) is 0 Å². The highest BCUT2D eigenvalue weighted by atomic mass is 16.1. The number of para-hydroxylation sites is 1. The number of hydrogen-bond acceptors (Lipinski definition) is 1. The van der Waals surface area contributed by atoms with Gasteiger partial charge in [-0.05, 0) is 29.8 Å². The average Bonchev–Trinajstić information content (AvgIpc) is 3.06. The lowest BCUT2D eigenvalue weighted by molar-refractivity contribution is 0.104. The van der Waals surface area contributed by atoms with Crippen molar-refractivity contribution in [3.05, 3.63) is 95.6 Å². The first-order valence-corrected chi connectivity index (χ1v) is 8.76. The second kappa shape index (κ2) is 5.57. The summed E-state index contributed by atoms with van der Waals surface area (Å²) < 4.78 is 0. The summed E-state index contributed by atoms with van der Waals surface area (Å²) in [6, 6.07) is 26.2. The number of nitrogens with one attached hydrogen (secondary N) is 1. The Kier molecular flexibility index (Phi) is 3.19. The molecule has 0 saturated carbocycles. The second-order valence-electron chi connectivity index (χ2n) is 6.76. The molecule has 0 aliphatic rings. The molecule has 0 unspecified atom stereocenters. The number of aryl methyl sites for hydroxylation is 1. The third kappa shape index (κ3) is 2.16. The molecule has 0 radical (unpaired) electrons. The fraction of sp³-hybridized carbons (Fsp3) is 0.0417. The van der Waals surface area contributed by atoms with Gasteiger partial charge in [-0.2, -0.15) is 0 Å². The van der Waals surface area contributed by atoms with Crippen LogP contribution in [0.4, 0.5) is 0 Å². The van der Waals surface area contributed by atoms with Gasteiger partial charge in [-0.15, -0.1) is 0 Å². The maximum Gasteiger partial charge on any atom is 0.193 e. The number of aromatic amines is 1. The van der Waals surface area contributed by atoms with Crippen LogP contribution in [0, 0.1) is 6.92 Å². The topological polar surface area (TPSA) is 32.9 Å². The van der Waals surface area contributed by atoms with Crippen LogP contribution in [0.1, 0.15) is 21.5 Å². The predicted octanol–water partition coefficient (Wildman–Crippen LogP) is 6.01. The standard InChI is InChI=1S/C24H17NO/c1-15-10-12-16(13-11-15)24(26)20-14-22-23(18-7-3-2-6-17(18)20)19-8-4-5-9-21(19)25-22/h2-14,25H,1H3. The second-order valence-corrected chi connectivity index (χ2v) is 6.76. The van der Waals surface area contributed by atoms with Gasteiger partial charge in [-0.1, -0.05) is 72.3 Å². The van der Waals surface area contributed by atoms with Crippen LogP contribution in [0.25, 0.3) is 32.6 Å². The Morgan fingerprint density at radius 3 is 2.15 bits per heavy atom. The van der Waals surface area contributed by atoms with Gasteiger partial charge in [-0.25, -0.2) is 0 Å². The maximum absolute atomic E-state index is 13.2. The number of benzene rings is 4. The molecule has 0 aliphatic carbocycles. The third-order valence-electron chi connectivity index (χ3n) is 5.07. The normalized spacial score (nSPS) is 11.4. The monoisotopic (exact) mass is 335 g/mol. The van der Waals surface area contributed by atoms with Gasteiger partial charge < -0.3 is 4.98 Å². The maximum atomic E-state index is 13.2.